The van der Waals surface area contributed by atoms with E-state index in [2.05, 4.69) is 36.4 Å². The molecule has 0 radical (unpaired) electrons. The number of hydrogen-bond acceptors (Lipinski definition) is 6. The molecule has 0 saturated carbocycles. The molecule has 3 aromatic rings. The van der Waals surface area contributed by atoms with E-state index >= 15 is 0 Å². The van der Waals surface area contributed by atoms with Crippen molar-refractivity contribution in [3.05, 3.63) is 42.2 Å². The predicted molar refractivity (Wildman–Crippen MR) is 72.0 cm³/mol. The van der Waals surface area contributed by atoms with E-state index < -0.39 is 6.03 Å². The van der Waals surface area contributed by atoms with E-state index in [4.69, 9.17) is 4.52 Å². The summed E-state index contributed by atoms with van der Waals surface area (Å²) in [5.74, 6) is 0.632. The van der Waals surface area contributed by atoms with Crippen molar-refractivity contribution < 1.29 is 9.32 Å². The van der Waals surface area contributed by atoms with Crippen molar-refractivity contribution in [2.45, 2.75) is 6.54 Å². The fourth-order valence-electron chi connectivity index (χ4n) is 1.67. The molecule has 0 fully saturated rings. The molecule has 0 aliphatic rings. The van der Waals surface area contributed by atoms with Gasteiger partial charge in [-0.25, -0.2) is 4.79 Å². The summed E-state index contributed by atoms with van der Waals surface area (Å²) in [6.07, 6.45) is 0. The van der Waals surface area contributed by atoms with E-state index in [1.165, 1.54) is 0 Å². The van der Waals surface area contributed by atoms with Crippen LogP contribution < -0.4 is 10.6 Å². The predicted octanol–water partition coefficient (Wildman–Crippen LogP) is 1.18. The number of nitrogens with one attached hydrogen (secondary N) is 3. The number of carbonyl (C=O) groups excluding carboxylic acids is 1. The molecule has 0 aliphatic carbocycles. The third-order valence-corrected chi connectivity index (χ3v) is 2.62. The molecule has 9 heteroatoms. The normalized spacial score (nSPS) is 10.3. The SMILES string of the molecule is O=C(NCc1cc(-c2ccccc2)no1)Nc1nn[nH]n1. The molecular formula is C12H11N7O2. The minimum atomic E-state index is -0.464. The lowest BCUT2D eigenvalue weighted by Crippen LogP contribution is -2.28. The lowest BCUT2D eigenvalue weighted by molar-refractivity contribution is 0.250. The molecule has 1 aromatic carbocycles. The van der Waals surface area contributed by atoms with Crippen LogP contribution >= 0.6 is 0 Å². The van der Waals surface area contributed by atoms with Gasteiger partial charge in [-0.05, 0) is 5.21 Å². The number of H-pyrrole nitrogens is 1. The van der Waals surface area contributed by atoms with Crippen LogP contribution in [0.2, 0.25) is 0 Å². The average molecular weight is 285 g/mol. The van der Waals surface area contributed by atoms with Gasteiger partial charge in [-0.2, -0.15) is 5.21 Å². The van der Waals surface area contributed by atoms with E-state index in [0.717, 1.165) is 5.56 Å². The molecule has 21 heavy (non-hydrogen) atoms. The summed E-state index contributed by atoms with van der Waals surface area (Å²) < 4.78 is 5.16. The number of benzene rings is 1. The van der Waals surface area contributed by atoms with Crippen LogP contribution in [0.5, 0.6) is 0 Å². The second-order valence-corrected chi connectivity index (χ2v) is 4.09. The van der Waals surface area contributed by atoms with Crippen molar-refractivity contribution >= 4 is 12.0 Å². The van der Waals surface area contributed by atoms with Crippen molar-refractivity contribution in [2.24, 2.45) is 0 Å². The lowest BCUT2D eigenvalue weighted by atomic mass is 10.1. The van der Waals surface area contributed by atoms with E-state index in [1.54, 1.807) is 6.07 Å². The third kappa shape index (κ3) is 3.21. The number of anilines is 1. The van der Waals surface area contributed by atoms with E-state index in [0.29, 0.717) is 11.5 Å². The molecule has 2 aromatic heterocycles. The maximum absolute atomic E-state index is 11.6. The highest BCUT2D eigenvalue weighted by atomic mass is 16.5. The van der Waals surface area contributed by atoms with Gasteiger partial charge in [-0.15, -0.1) is 5.10 Å². The summed E-state index contributed by atoms with van der Waals surface area (Å²) in [4.78, 5) is 11.6. The Hall–Kier alpha value is -3.23. The lowest BCUT2D eigenvalue weighted by Gasteiger charge is -2.01. The zero-order valence-corrected chi connectivity index (χ0v) is 10.8. The topological polar surface area (TPSA) is 122 Å². The van der Waals surface area contributed by atoms with Gasteiger partial charge >= 0.3 is 6.03 Å². The Balaban J connectivity index is 1.56. The van der Waals surface area contributed by atoms with Crippen molar-refractivity contribution in [3.8, 4) is 11.3 Å². The first-order valence-electron chi connectivity index (χ1n) is 6.10. The molecule has 3 rings (SSSR count). The Morgan fingerprint density at radius 2 is 2.14 bits per heavy atom. The fourth-order valence-corrected chi connectivity index (χ4v) is 1.67. The van der Waals surface area contributed by atoms with Crippen LogP contribution in [0.25, 0.3) is 11.3 Å². The number of urea groups is 1. The number of nitrogens with zero attached hydrogens (tertiary/aromatic N) is 4. The summed E-state index contributed by atoms with van der Waals surface area (Å²) in [6.45, 7) is 0.198. The van der Waals surface area contributed by atoms with Crippen LogP contribution in [0.3, 0.4) is 0 Å². The molecule has 0 aliphatic heterocycles. The third-order valence-electron chi connectivity index (χ3n) is 2.62. The number of carbonyl (C=O) groups is 1. The van der Waals surface area contributed by atoms with Gasteiger partial charge in [0.2, 0.25) is 0 Å². The van der Waals surface area contributed by atoms with Crippen LogP contribution in [-0.2, 0) is 6.54 Å². The summed E-state index contributed by atoms with van der Waals surface area (Å²) in [7, 11) is 0. The highest BCUT2D eigenvalue weighted by molar-refractivity contribution is 5.87. The van der Waals surface area contributed by atoms with Gasteiger partial charge in [0.15, 0.2) is 5.76 Å². The first kappa shape index (κ1) is 12.8. The Morgan fingerprint density at radius 1 is 1.29 bits per heavy atom. The molecule has 0 atom stereocenters. The summed E-state index contributed by atoms with van der Waals surface area (Å²) in [5.41, 5.74) is 1.66. The largest absolute Gasteiger partial charge is 0.359 e. The summed E-state index contributed by atoms with van der Waals surface area (Å²) in [6, 6.07) is 10.9. The van der Waals surface area contributed by atoms with E-state index in [9.17, 15) is 4.79 Å². The Kier molecular flexibility index (Phi) is 3.54. The second kappa shape index (κ2) is 5.82. The molecule has 2 amide bonds. The summed E-state index contributed by atoms with van der Waals surface area (Å²) in [5, 5.41) is 21.7. The standard InChI is InChI=1S/C12H11N7O2/c20-12(14-11-15-18-19-16-11)13-7-9-6-10(17-21-9)8-4-2-1-3-5-8/h1-6H,7H2,(H3,13,14,15,16,18,19,20). The van der Waals surface area contributed by atoms with Crippen molar-refractivity contribution in [3.63, 3.8) is 0 Å². The smallest absolute Gasteiger partial charge is 0.322 e. The quantitative estimate of drug-likeness (QED) is 0.661. The molecule has 9 nitrogen and oxygen atoms in total. The van der Waals surface area contributed by atoms with Crippen LogP contribution in [0.15, 0.2) is 40.9 Å². The molecule has 0 unspecified atom stereocenters. The summed E-state index contributed by atoms with van der Waals surface area (Å²) >= 11 is 0. The van der Waals surface area contributed by atoms with E-state index in [1.807, 2.05) is 30.3 Å². The first-order valence-corrected chi connectivity index (χ1v) is 6.10. The number of rotatable bonds is 4. The maximum Gasteiger partial charge on any atom is 0.322 e. The number of amides is 2. The maximum atomic E-state index is 11.6. The highest BCUT2D eigenvalue weighted by Gasteiger charge is 2.09. The number of hydrogen-bond donors (Lipinski definition) is 3. The Bertz CT molecular complexity index is 708. The van der Waals surface area contributed by atoms with Gasteiger partial charge in [-0.1, -0.05) is 40.6 Å². The fraction of sp³-hybridized carbons (Fsp3) is 0.0833. The Morgan fingerprint density at radius 3 is 2.90 bits per heavy atom. The van der Waals surface area contributed by atoms with Crippen LogP contribution in [0, 0.1) is 0 Å². The first-order chi connectivity index (χ1) is 10.3. The van der Waals surface area contributed by atoms with Gasteiger partial charge < -0.3 is 9.84 Å². The highest BCUT2D eigenvalue weighted by Crippen LogP contribution is 2.18. The average Bonchev–Trinajstić information content (AvgIpc) is 3.17. The molecule has 106 valence electrons. The van der Waals surface area contributed by atoms with Crippen molar-refractivity contribution in [1.29, 1.82) is 0 Å². The number of aromatic nitrogens is 5. The van der Waals surface area contributed by atoms with Gasteiger partial charge in [0.1, 0.15) is 5.69 Å². The van der Waals surface area contributed by atoms with Gasteiger partial charge in [0.25, 0.3) is 5.95 Å². The Labute approximate surface area is 118 Å². The van der Waals surface area contributed by atoms with Gasteiger partial charge in [0.05, 0.1) is 6.54 Å². The zero-order valence-electron chi connectivity index (χ0n) is 10.8. The minimum absolute atomic E-state index is 0.0926. The monoisotopic (exact) mass is 285 g/mol. The molecular weight excluding hydrogens is 274 g/mol. The van der Waals surface area contributed by atoms with E-state index in [-0.39, 0.29) is 12.5 Å². The van der Waals surface area contributed by atoms with Crippen LogP contribution in [-0.4, -0.2) is 31.8 Å². The van der Waals surface area contributed by atoms with Crippen molar-refractivity contribution in [2.75, 3.05) is 5.32 Å². The van der Waals surface area contributed by atoms with Gasteiger partial charge in [-0.3, -0.25) is 5.32 Å². The molecule has 2 heterocycles. The van der Waals surface area contributed by atoms with Crippen LogP contribution in [0.4, 0.5) is 10.7 Å². The zero-order chi connectivity index (χ0) is 14.5. The minimum Gasteiger partial charge on any atom is -0.359 e. The number of aromatic amines is 1. The van der Waals surface area contributed by atoms with Gasteiger partial charge in [0, 0.05) is 11.6 Å². The van der Waals surface area contributed by atoms with Crippen LogP contribution in [0.1, 0.15) is 5.76 Å². The molecule has 3 N–H and O–H groups in total. The van der Waals surface area contributed by atoms with Crippen molar-refractivity contribution in [1.82, 2.24) is 31.1 Å². The molecule has 0 bridgehead atoms. The number of tetrazole rings is 1. The second-order valence-electron chi connectivity index (χ2n) is 4.09. The molecule has 0 saturated heterocycles. The molecule has 0 spiro atoms.